The van der Waals surface area contributed by atoms with Gasteiger partial charge in [0, 0.05) is 43.7 Å². The normalized spacial score (nSPS) is 12.9. The molecule has 0 saturated heterocycles. The van der Waals surface area contributed by atoms with Gasteiger partial charge in [-0.15, -0.1) is 0 Å². The second kappa shape index (κ2) is 10.1. The van der Waals surface area contributed by atoms with E-state index in [9.17, 15) is 9.59 Å². The molecule has 1 aromatic carbocycles. The number of hydrogen-bond donors (Lipinski definition) is 1. The van der Waals surface area contributed by atoms with E-state index in [1.165, 1.54) is 0 Å². The molecule has 1 saturated carbocycles. The lowest BCUT2D eigenvalue weighted by Crippen LogP contribution is -2.30. The minimum absolute atomic E-state index is 0.0119. The van der Waals surface area contributed by atoms with Crippen LogP contribution < -0.4 is 10.2 Å². The summed E-state index contributed by atoms with van der Waals surface area (Å²) in [6, 6.07) is 13.1. The molecule has 1 N–H and O–H groups in total. The largest absolute Gasteiger partial charge is 0.348 e. The number of nitrogens with one attached hydrogen (secondary N) is 1. The first-order valence-corrected chi connectivity index (χ1v) is 11.6. The lowest BCUT2D eigenvalue weighted by molar-refractivity contribution is -0.116. The Labute approximate surface area is 199 Å². The highest BCUT2D eigenvalue weighted by molar-refractivity contribution is 6.34. The van der Waals surface area contributed by atoms with Crippen LogP contribution >= 0.6 is 11.6 Å². The Morgan fingerprint density at radius 1 is 1.09 bits per heavy atom. The number of pyridine rings is 2. The zero-order valence-electron chi connectivity index (χ0n) is 18.8. The Balaban J connectivity index is 1.42. The average molecular weight is 463 g/mol. The van der Waals surface area contributed by atoms with Crippen molar-refractivity contribution in [3.63, 3.8) is 0 Å². The first-order valence-electron chi connectivity index (χ1n) is 11.2. The lowest BCUT2D eigenvalue weighted by Gasteiger charge is -2.22. The van der Waals surface area contributed by atoms with Crippen LogP contribution in [0.5, 0.6) is 0 Å². The number of benzene rings is 1. The highest BCUT2D eigenvalue weighted by Gasteiger charge is 2.27. The van der Waals surface area contributed by atoms with Gasteiger partial charge in [0.25, 0.3) is 5.91 Å². The van der Waals surface area contributed by atoms with Crippen LogP contribution in [0.2, 0.25) is 5.02 Å². The van der Waals surface area contributed by atoms with Gasteiger partial charge in [-0.3, -0.25) is 19.6 Å². The highest BCUT2D eigenvalue weighted by Crippen LogP contribution is 2.35. The Morgan fingerprint density at radius 2 is 1.91 bits per heavy atom. The van der Waals surface area contributed by atoms with Gasteiger partial charge in [-0.25, -0.2) is 0 Å². The molecule has 0 radical (unpaired) electrons. The van der Waals surface area contributed by atoms with Crippen LogP contribution in [-0.2, 0) is 17.8 Å². The van der Waals surface area contributed by atoms with Gasteiger partial charge in [-0.2, -0.15) is 0 Å². The van der Waals surface area contributed by atoms with Crippen LogP contribution in [0.15, 0.2) is 54.9 Å². The molecule has 0 atom stereocenters. The van der Waals surface area contributed by atoms with Crippen LogP contribution in [0.1, 0.15) is 48.3 Å². The molecule has 170 valence electrons. The van der Waals surface area contributed by atoms with Gasteiger partial charge < -0.3 is 10.2 Å². The van der Waals surface area contributed by atoms with E-state index in [1.807, 2.05) is 30.3 Å². The van der Waals surface area contributed by atoms with Gasteiger partial charge in [-0.1, -0.05) is 30.7 Å². The molecule has 2 amide bonds. The monoisotopic (exact) mass is 462 g/mol. The Hall–Kier alpha value is -3.25. The predicted octanol–water partition coefficient (Wildman–Crippen LogP) is 5.05. The summed E-state index contributed by atoms with van der Waals surface area (Å²) in [5.74, 6) is 0.360. The number of hydrogen-bond acceptors (Lipinski definition) is 4. The van der Waals surface area contributed by atoms with Gasteiger partial charge >= 0.3 is 0 Å². The molecule has 4 rings (SSSR count). The summed E-state index contributed by atoms with van der Waals surface area (Å²) >= 11 is 6.53. The van der Waals surface area contributed by atoms with Crippen LogP contribution in [0.25, 0.3) is 11.3 Å². The summed E-state index contributed by atoms with van der Waals surface area (Å²) in [5.41, 5.74) is 4.70. The summed E-state index contributed by atoms with van der Waals surface area (Å²) in [6.45, 7) is 4.73. The third kappa shape index (κ3) is 5.76. The minimum Gasteiger partial charge on any atom is -0.348 e. The number of aromatic nitrogens is 2. The number of carbonyl (C=O) groups is 2. The lowest BCUT2D eigenvalue weighted by atomic mass is 10.1. The van der Waals surface area contributed by atoms with Gasteiger partial charge in [0.2, 0.25) is 5.91 Å². The van der Waals surface area contributed by atoms with Crippen molar-refractivity contribution in [2.24, 2.45) is 5.92 Å². The molecular weight excluding hydrogens is 436 g/mol. The summed E-state index contributed by atoms with van der Waals surface area (Å²) in [6.07, 6.45) is 6.54. The van der Waals surface area contributed by atoms with E-state index in [0.29, 0.717) is 35.3 Å². The topological polar surface area (TPSA) is 75.2 Å². The van der Waals surface area contributed by atoms with Crippen molar-refractivity contribution in [1.82, 2.24) is 15.3 Å². The van der Waals surface area contributed by atoms with Crippen molar-refractivity contribution in [2.45, 2.75) is 39.7 Å². The standard InChI is InChI=1S/C26H27ClN4O2/c1-3-22-9-6-19(13-28-22)14-30-26(33)21-7-10-24(29-15-21)20-8-11-25(23(27)12-20)31(17(2)32)16-18-4-5-18/h6-13,15,18H,3-5,14,16H2,1-2H3,(H,30,33). The van der Waals surface area contributed by atoms with Crippen molar-refractivity contribution in [2.75, 3.05) is 11.4 Å². The first kappa shape index (κ1) is 22.9. The molecule has 3 aromatic rings. The molecule has 0 aliphatic heterocycles. The quantitative estimate of drug-likeness (QED) is 0.508. The van der Waals surface area contributed by atoms with Gasteiger partial charge in [0.1, 0.15) is 0 Å². The fourth-order valence-electron chi connectivity index (χ4n) is 3.59. The second-order valence-electron chi connectivity index (χ2n) is 8.37. The number of anilines is 1. The summed E-state index contributed by atoms with van der Waals surface area (Å²) in [4.78, 5) is 35.1. The van der Waals surface area contributed by atoms with Crippen molar-refractivity contribution < 1.29 is 9.59 Å². The summed E-state index contributed by atoms with van der Waals surface area (Å²) in [7, 11) is 0. The second-order valence-corrected chi connectivity index (χ2v) is 8.77. The van der Waals surface area contributed by atoms with E-state index < -0.39 is 0 Å². The Morgan fingerprint density at radius 3 is 2.48 bits per heavy atom. The van der Waals surface area contributed by atoms with E-state index in [-0.39, 0.29) is 11.8 Å². The van der Waals surface area contributed by atoms with Gasteiger partial charge in [0.15, 0.2) is 0 Å². The summed E-state index contributed by atoms with van der Waals surface area (Å²) < 4.78 is 0. The highest BCUT2D eigenvalue weighted by atomic mass is 35.5. The molecule has 7 heteroatoms. The third-order valence-electron chi connectivity index (χ3n) is 5.78. The number of aryl methyl sites for hydroxylation is 1. The molecule has 33 heavy (non-hydrogen) atoms. The molecule has 1 aliphatic carbocycles. The number of nitrogens with zero attached hydrogens (tertiary/aromatic N) is 3. The van der Waals surface area contributed by atoms with Crippen LogP contribution in [0.3, 0.4) is 0 Å². The van der Waals surface area contributed by atoms with Crippen LogP contribution in [-0.4, -0.2) is 28.3 Å². The molecule has 0 bridgehead atoms. The maximum Gasteiger partial charge on any atom is 0.253 e. The maximum absolute atomic E-state index is 12.5. The van der Waals surface area contributed by atoms with E-state index >= 15 is 0 Å². The third-order valence-corrected chi connectivity index (χ3v) is 6.08. The molecule has 1 aliphatic rings. The molecule has 0 spiro atoms. The smallest absolute Gasteiger partial charge is 0.253 e. The van der Waals surface area contributed by atoms with Crippen molar-refractivity contribution >= 4 is 29.1 Å². The minimum atomic E-state index is -0.195. The number of rotatable bonds is 8. The average Bonchev–Trinajstić information content (AvgIpc) is 3.66. The van der Waals surface area contributed by atoms with E-state index in [0.717, 1.165) is 41.8 Å². The van der Waals surface area contributed by atoms with Crippen molar-refractivity contribution in [3.05, 3.63) is 76.7 Å². The van der Waals surface area contributed by atoms with Gasteiger partial charge in [0.05, 0.1) is 22.0 Å². The van der Waals surface area contributed by atoms with Crippen molar-refractivity contribution in [1.29, 1.82) is 0 Å². The fourth-order valence-corrected chi connectivity index (χ4v) is 3.88. The zero-order valence-corrected chi connectivity index (χ0v) is 19.6. The summed E-state index contributed by atoms with van der Waals surface area (Å²) in [5, 5.41) is 3.40. The van der Waals surface area contributed by atoms with E-state index in [1.54, 1.807) is 36.4 Å². The number of amides is 2. The van der Waals surface area contributed by atoms with E-state index in [4.69, 9.17) is 11.6 Å². The molecular formula is C26H27ClN4O2. The first-order chi connectivity index (χ1) is 15.9. The predicted molar refractivity (Wildman–Crippen MR) is 130 cm³/mol. The number of halogens is 1. The number of carbonyl (C=O) groups excluding carboxylic acids is 2. The van der Waals surface area contributed by atoms with Crippen molar-refractivity contribution in [3.8, 4) is 11.3 Å². The van der Waals surface area contributed by atoms with Crippen LogP contribution in [0, 0.1) is 5.92 Å². The molecule has 6 nitrogen and oxygen atoms in total. The zero-order chi connectivity index (χ0) is 23.4. The molecule has 1 fully saturated rings. The fraction of sp³-hybridized carbons (Fsp3) is 0.308. The van der Waals surface area contributed by atoms with Crippen LogP contribution in [0.4, 0.5) is 5.69 Å². The van der Waals surface area contributed by atoms with E-state index in [2.05, 4.69) is 22.2 Å². The Kier molecular flexibility index (Phi) is 7.04. The SMILES string of the molecule is CCc1ccc(CNC(=O)c2ccc(-c3ccc(N(CC4CC4)C(C)=O)c(Cl)c3)nc2)cn1. The maximum atomic E-state index is 12.5. The molecule has 2 aromatic heterocycles. The molecule has 0 unspecified atom stereocenters. The van der Waals surface area contributed by atoms with Gasteiger partial charge in [-0.05, 0) is 61.1 Å². The Bertz CT molecular complexity index is 1140. The molecule has 2 heterocycles.